The third kappa shape index (κ3) is 2.49. The zero-order valence-corrected chi connectivity index (χ0v) is 10.5. The predicted molar refractivity (Wildman–Crippen MR) is 71.0 cm³/mol. The fourth-order valence-corrected chi connectivity index (χ4v) is 1.80. The van der Waals surface area contributed by atoms with E-state index in [1.165, 1.54) is 6.20 Å². The van der Waals surface area contributed by atoms with Crippen molar-refractivity contribution in [1.82, 2.24) is 4.98 Å². The van der Waals surface area contributed by atoms with Crippen molar-refractivity contribution in [1.29, 1.82) is 0 Å². The maximum atomic E-state index is 13.6. The van der Waals surface area contributed by atoms with Gasteiger partial charge in [0, 0.05) is 31.5 Å². The summed E-state index contributed by atoms with van der Waals surface area (Å²) in [6, 6.07) is 8.91. The third-order valence-corrected chi connectivity index (χ3v) is 2.91. The molecule has 2 rings (SSSR count). The van der Waals surface area contributed by atoms with Gasteiger partial charge in [-0.15, -0.1) is 0 Å². The first-order valence-electron chi connectivity index (χ1n) is 5.72. The van der Waals surface area contributed by atoms with E-state index >= 15 is 0 Å². The van der Waals surface area contributed by atoms with Crippen LogP contribution in [-0.4, -0.2) is 19.1 Å². The molecule has 0 fully saturated rings. The van der Waals surface area contributed by atoms with E-state index in [2.05, 4.69) is 4.98 Å². The van der Waals surface area contributed by atoms with E-state index in [1.54, 1.807) is 12.3 Å². The molecule has 0 bridgehead atoms. The fourth-order valence-electron chi connectivity index (χ4n) is 1.80. The van der Waals surface area contributed by atoms with Crippen LogP contribution in [0.15, 0.2) is 42.7 Å². The second kappa shape index (κ2) is 5.14. The van der Waals surface area contributed by atoms with Gasteiger partial charge in [-0.2, -0.15) is 0 Å². The molecular weight excluding hydrogens is 229 g/mol. The standard InChI is InChI=1S/C14H16FN3/c1-18(2)11-5-3-10(4-6-11)14(16)12-7-8-17-9-13(12)15/h3-9,14H,16H2,1-2H3. The van der Waals surface area contributed by atoms with Crippen LogP contribution < -0.4 is 10.6 Å². The lowest BCUT2D eigenvalue weighted by Crippen LogP contribution is -2.14. The summed E-state index contributed by atoms with van der Waals surface area (Å²) in [6.45, 7) is 0. The summed E-state index contributed by atoms with van der Waals surface area (Å²) in [5, 5.41) is 0. The second-order valence-electron chi connectivity index (χ2n) is 4.36. The molecule has 0 aliphatic rings. The van der Waals surface area contributed by atoms with Crippen LogP contribution in [0.5, 0.6) is 0 Å². The number of rotatable bonds is 3. The average Bonchev–Trinajstić information content (AvgIpc) is 2.38. The highest BCUT2D eigenvalue weighted by atomic mass is 19.1. The highest BCUT2D eigenvalue weighted by Crippen LogP contribution is 2.23. The molecule has 18 heavy (non-hydrogen) atoms. The maximum Gasteiger partial charge on any atom is 0.146 e. The minimum absolute atomic E-state index is 0.373. The lowest BCUT2D eigenvalue weighted by atomic mass is 10.00. The first-order valence-corrected chi connectivity index (χ1v) is 5.72. The smallest absolute Gasteiger partial charge is 0.146 e. The molecule has 0 saturated carbocycles. The van der Waals surface area contributed by atoms with E-state index in [1.807, 2.05) is 43.3 Å². The Kier molecular flexibility index (Phi) is 3.58. The van der Waals surface area contributed by atoms with Crippen molar-refractivity contribution in [2.24, 2.45) is 5.73 Å². The van der Waals surface area contributed by atoms with Crippen LogP contribution in [0.25, 0.3) is 0 Å². The number of hydrogen-bond acceptors (Lipinski definition) is 3. The number of pyridine rings is 1. The number of nitrogens with two attached hydrogens (primary N) is 1. The second-order valence-corrected chi connectivity index (χ2v) is 4.36. The van der Waals surface area contributed by atoms with Crippen molar-refractivity contribution in [3.8, 4) is 0 Å². The van der Waals surface area contributed by atoms with E-state index in [0.717, 1.165) is 11.3 Å². The van der Waals surface area contributed by atoms with Gasteiger partial charge in [0.1, 0.15) is 5.82 Å². The zero-order valence-electron chi connectivity index (χ0n) is 10.5. The van der Waals surface area contributed by atoms with Gasteiger partial charge in [0.05, 0.1) is 12.2 Å². The van der Waals surface area contributed by atoms with Crippen LogP contribution in [-0.2, 0) is 0 Å². The Balaban J connectivity index is 2.29. The third-order valence-electron chi connectivity index (χ3n) is 2.91. The first kappa shape index (κ1) is 12.5. The maximum absolute atomic E-state index is 13.6. The van der Waals surface area contributed by atoms with Crippen LogP contribution in [0.3, 0.4) is 0 Å². The largest absolute Gasteiger partial charge is 0.378 e. The van der Waals surface area contributed by atoms with E-state index in [-0.39, 0.29) is 5.82 Å². The van der Waals surface area contributed by atoms with Gasteiger partial charge in [-0.1, -0.05) is 12.1 Å². The summed E-state index contributed by atoms with van der Waals surface area (Å²) in [5.74, 6) is -0.373. The quantitative estimate of drug-likeness (QED) is 0.902. The van der Waals surface area contributed by atoms with Gasteiger partial charge in [0.2, 0.25) is 0 Å². The normalized spacial score (nSPS) is 12.2. The van der Waals surface area contributed by atoms with Crippen LogP contribution >= 0.6 is 0 Å². The van der Waals surface area contributed by atoms with Crippen molar-refractivity contribution >= 4 is 5.69 Å². The van der Waals surface area contributed by atoms with Crippen LogP contribution in [0.1, 0.15) is 17.2 Å². The van der Waals surface area contributed by atoms with Crippen LogP contribution in [0.4, 0.5) is 10.1 Å². The summed E-state index contributed by atoms with van der Waals surface area (Å²) in [6.07, 6.45) is 2.73. The molecule has 0 aliphatic carbocycles. The minimum Gasteiger partial charge on any atom is -0.378 e. The number of hydrogen-bond donors (Lipinski definition) is 1. The highest BCUT2D eigenvalue weighted by molar-refractivity contribution is 5.47. The molecule has 0 saturated heterocycles. The molecule has 1 unspecified atom stereocenters. The molecule has 94 valence electrons. The summed E-state index contributed by atoms with van der Waals surface area (Å²) < 4.78 is 13.6. The van der Waals surface area contributed by atoms with Crippen LogP contribution in [0, 0.1) is 5.82 Å². The molecule has 0 amide bonds. The number of benzene rings is 1. The summed E-state index contributed by atoms with van der Waals surface area (Å²) in [4.78, 5) is 5.72. The zero-order chi connectivity index (χ0) is 13.1. The molecule has 4 heteroatoms. The van der Waals surface area contributed by atoms with Crippen molar-refractivity contribution in [3.05, 3.63) is 59.7 Å². The Labute approximate surface area is 106 Å². The molecule has 1 aromatic heterocycles. The molecule has 2 N–H and O–H groups in total. The van der Waals surface area contributed by atoms with Gasteiger partial charge in [-0.05, 0) is 23.8 Å². The van der Waals surface area contributed by atoms with Crippen molar-refractivity contribution in [3.63, 3.8) is 0 Å². The Morgan fingerprint density at radius 3 is 2.39 bits per heavy atom. The first-order chi connectivity index (χ1) is 8.59. The lowest BCUT2D eigenvalue weighted by Gasteiger charge is -2.16. The van der Waals surface area contributed by atoms with E-state index in [9.17, 15) is 4.39 Å². The lowest BCUT2D eigenvalue weighted by molar-refractivity contribution is 0.593. The van der Waals surface area contributed by atoms with Gasteiger partial charge >= 0.3 is 0 Å². The molecule has 0 spiro atoms. The van der Waals surface area contributed by atoms with Crippen molar-refractivity contribution < 1.29 is 4.39 Å². The van der Waals surface area contributed by atoms with E-state index in [4.69, 9.17) is 5.73 Å². The van der Waals surface area contributed by atoms with E-state index in [0.29, 0.717) is 5.56 Å². The van der Waals surface area contributed by atoms with Gasteiger partial charge in [-0.25, -0.2) is 4.39 Å². The Morgan fingerprint density at radius 1 is 1.17 bits per heavy atom. The molecule has 3 nitrogen and oxygen atoms in total. The minimum atomic E-state index is -0.468. The number of halogens is 1. The summed E-state index contributed by atoms with van der Waals surface area (Å²) in [7, 11) is 3.94. The summed E-state index contributed by atoms with van der Waals surface area (Å²) in [5.41, 5.74) is 8.49. The Bertz CT molecular complexity index is 523. The van der Waals surface area contributed by atoms with Crippen molar-refractivity contribution in [2.45, 2.75) is 6.04 Å². The highest BCUT2D eigenvalue weighted by Gasteiger charge is 2.13. The monoisotopic (exact) mass is 245 g/mol. The van der Waals surface area contributed by atoms with Gasteiger partial charge in [-0.3, -0.25) is 4.98 Å². The molecule has 0 aliphatic heterocycles. The predicted octanol–water partition coefficient (Wildman–Crippen LogP) is 2.33. The number of aromatic nitrogens is 1. The molecule has 1 heterocycles. The Morgan fingerprint density at radius 2 is 1.83 bits per heavy atom. The fraction of sp³-hybridized carbons (Fsp3) is 0.214. The van der Waals surface area contributed by atoms with Gasteiger partial charge in [0.15, 0.2) is 0 Å². The van der Waals surface area contributed by atoms with E-state index < -0.39 is 6.04 Å². The van der Waals surface area contributed by atoms with Gasteiger partial charge < -0.3 is 10.6 Å². The van der Waals surface area contributed by atoms with Crippen molar-refractivity contribution in [2.75, 3.05) is 19.0 Å². The molecule has 1 aromatic carbocycles. The van der Waals surface area contributed by atoms with Crippen LogP contribution in [0.2, 0.25) is 0 Å². The molecule has 1 atom stereocenters. The topological polar surface area (TPSA) is 42.1 Å². The summed E-state index contributed by atoms with van der Waals surface area (Å²) >= 11 is 0. The average molecular weight is 245 g/mol. The molecular formula is C14H16FN3. The number of nitrogens with zero attached hydrogens (tertiary/aromatic N) is 2. The molecule has 2 aromatic rings. The molecule has 0 radical (unpaired) electrons. The Hall–Kier alpha value is -1.94. The number of anilines is 1. The van der Waals surface area contributed by atoms with Gasteiger partial charge in [0.25, 0.3) is 0 Å². The SMILES string of the molecule is CN(C)c1ccc(C(N)c2ccncc2F)cc1.